The predicted octanol–water partition coefficient (Wildman–Crippen LogP) is 5.62. The highest BCUT2D eigenvalue weighted by Crippen LogP contribution is 2.50. The maximum Gasteiger partial charge on any atom is 0.232 e. The van der Waals surface area contributed by atoms with Crippen molar-refractivity contribution in [2.45, 2.75) is 43.2 Å². The van der Waals surface area contributed by atoms with Gasteiger partial charge < -0.3 is 4.52 Å². The van der Waals surface area contributed by atoms with Crippen LogP contribution in [0.5, 0.6) is 0 Å². The second-order valence-electron chi connectivity index (χ2n) is 8.76. The van der Waals surface area contributed by atoms with E-state index in [9.17, 15) is 0 Å². The summed E-state index contributed by atoms with van der Waals surface area (Å²) < 4.78 is 5.91. The van der Waals surface area contributed by atoms with E-state index in [2.05, 4.69) is 59.6 Å². The van der Waals surface area contributed by atoms with Gasteiger partial charge in [-0.2, -0.15) is 4.98 Å². The van der Waals surface area contributed by atoms with Gasteiger partial charge in [-0.05, 0) is 48.6 Å². The molecule has 0 unspecified atom stereocenters. The average molecular weight is 396 g/mol. The summed E-state index contributed by atoms with van der Waals surface area (Å²) in [6.45, 7) is 0. The molecule has 150 valence electrons. The molecule has 0 amide bonds. The van der Waals surface area contributed by atoms with Crippen molar-refractivity contribution < 1.29 is 4.52 Å². The molecule has 0 aliphatic carbocycles. The largest absolute Gasteiger partial charge is 0.339 e. The van der Waals surface area contributed by atoms with Crippen LogP contribution in [-0.2, 0) is 0 Å². The monoisotopic (exact) mass is 395 g/mol. The number of rotatable bonds is 3. The van der Waals surface area contributed by atoms with Gasteiger partial charge in [-0.3, -0.25) is 4.90 Å². The number of aromatic nitrogens is 2. The van der Waals surface area contributed by atoms with E-state index >= 15 is 0 Å². The summed E-state index contributed by atoms with van der Waals surface area (Å²) in [5.74, 6) is 2.09. The molecular formula is C26H25N3O. The molecule has 1 aromatic heterocycles. The molecule has 0 saturated carbocycles. The van der Waals surface area contributed by atoms with Gasteiger partial charge in [0.25, 0.3) is 0 Å². The number of benzene rings is 3. The number of hydrogen-bond donors (Lipinski definition) is 0. The van der Waals surface area contributed by atoms with Gasteiger partial charge in [0.1, 0.15) is 0 Å². The van der Waals surface area contributed by atoms with Gasteiger partial charge in [0.2, 0.25) is 11.7 Å². The van der Waals surface area contributed by atoms with Crippen molar-refractivity contribution in [1.82, 2.24) is 15.0 Å². The zero-order valence-corrected chi connectivity index (χ0v) is 17.1. The van der Waals surface area contributed by atoms with Crippen molar-refractivity contribution in [2.24, 2.45) is 0 Å². The minimum Gasteiger partial charge on any atom is -0.339 e. The van der Waals surface area contributed by atoms with Crippen molar-refractivity contribution in [2.75, 3.05) is 7.05 Å². The van der Waals surface area contributed by atoms with Gasteiger partial charge in [0.15, 0.2) is 0 Å². The molecule has 4 aromatic rings. The lowest BCUT2D eigenvalue weighted by molar-refractivity contribution is 0.120. The molecule has 2 bridgehead atoms. The molecule has 2 aliphatic heterocycles. The molecule has 0 radical (unpaired) electrons. The number of likely N-dealkylation sites (N-methyl/N-ethyl adjacent to an activating group) is 1. The van der Waals surface area contributed by atoms with E-state index in [1.807, 2.05) is 30.3 Å². The lowest BCUT2D eigenvalue weighted by Gasteiger charge is -2.41. The summed E-state index contributed by atoms with van der Waals surface area (Å²) in [5, 5.41) is 6.93. The highest BCUT2D eigenvalue weighted by atomic mass is 16.5. The van der Waals surface area contributed by atoms with Crippen LogP contribution in [0.3, 0.4) is 0 Å². The predicted molar refractivity (Wildman–Crippen MR) is 118 cm³/mol. The number of fused-ring (bicyclic) bond motifs is 3. The van der Waals surface area contributed by atoms with Crippen molar-refractivity contribution in [1.29, 1.82) is 0 Å². The van der Waals surface area contributed by atoms with Crippen LogP contribution in [0.4, 0.5) is 0 Å². The zero-order valence-electron chi connectivity index (χ0n) is 17.1. The van der Waals surface area contributed by atoms with Gasteiger partial charge in [0, 0.05) is 17.6 Å². The summed E-state index contributed by atoms with van der Waals surface area (Å²) in [6, 6.07) is 26.7. The number of nitrogens with zero attached hydrogens (tertiary/aromatic N) is 3. The van der Waals surface area contributed by atoms with Gasteiger partial charge in [-0.1, -0.05) is 78.0 Å². The van der Waals surface area contributed by atoms with E-state index in [1.54, 1.807) is 0 Å². The van der Waals surface area contributed by atoms with E-state index in [0.29, 0.717) is 23.8 Å². The van der Waals surface area contributed by atoms with Crippen LogP contribution in [0.2, 0.25) is 0 Å². The van der Waals surface area contributed by atoms with E-state index in [1.165, 1.54) is 29.2 Å². The second-order valence-corrected chi connectivity index (χ2v) is 8.76. The molecule has 4 heteroatoms. The SMILES string of the molecule is CN1[C@@H]2CC[C@H]1[C@H](c1nc(-c3ccccc3)no1)[C@H](c1ccc3ccccc3c1)C2. The van der Waals surface area contributed by atoms with Crippen molar-refractivity contribution in [3.8, 4) is 11.4 Å². The third kappa shape index (κ3) is 2.86. The maximum absolute atomic E-state index is 5.91. The Balaban J connectivity index is 1.43. The summed E-state index contributed by atoms with van der Waals surface area (Å²) in [5.41, 5.74) is 2.39. The van der Waals surface area contributed by atoms with Crippen molar-refractivity contribution >= 4 is 10.8 Å². The van der Waals surface area contributed by atoms with Crippen LogP contribution in [0.1, 0.15) is 42.6 Å². The van der Waals surface area contributed by atoms with Gasteiger partial charge in [-0.25, -0.2) is 0 Å². The molecule has 30 heavy (non-hydrogen) atoms. The van der Waals surface area contributed by atoms with E-state index in [0.717, 1.165) is 17.9 Å². The Kier molecular flexibility index (Phi) is 4.20. The Morgan fingerprint density at radius 2 is 1.70 bits per heavy atom. The fourth-order valence-electron chi connectivity index (χ4n) is 5.66. The van der Waals surface area contributed by atoms with Crippen LogP contribution >= 0.6 is 0 Å². The van der Waals surface area contributed by atoms with Crippen LogP contribution in [0, 0.1) is 0 Å². The fraction of sp³-hybridized carbons (Fsp3) is 0.308. The quantitative estimate of drug-likeness (QED) is 0.451. The second kappa shape index (κ2) is 7.06. The normalized spacial score (nSPS) is 26.3. The first kappa shape index (κ1) is 17.8. The molecule has 4 nitrogen and oxygen atoms in total. The molecule has 6 rings (SSSR count). The summed E-state index contributed by atoms with van der Waals surface area (Å²) in [7, 11) is 2.26. The third-order valence-electron chi connectivity index (χ3n) is 7.23. The van der Waals surface area contributed by atoms with Crippen LogP contribution in [0.15, 0.2) is 77.3 Å². The average Bonchev–Trinajstić information content (AvgIpc) is 3.36. The van der Waals surface area contributed by atoms with E-state index in [-0.39, 0.29) is 5.92 Å². The Bertz CT molecular complexity index is 1190. The lowest BCUT2D eigenvalue weighted by Crippen LogP contribution is -2.44. The highest BCUT2D eigenvalue weighted by molar-refractivity contribution is 5.83. The van der Waals surface area contributed by atoms with Gasteiger partial charge in [0.05, 0.1) is 5.92 Å². The van der Waals surface area contributed by atoms with Crippen LogP contribution in [0.25, 0.3) is 22.2 Å². The Morgan fingerprint density at radius 3 is 2.57 bits per heavy atom. The maximum atomic E-state index is 5.91. The van der Waals surface area contributed by atoms with Crippen molar-refractivity contribution in [3.63, 3.8) is 0 Å². The standard InChI is InChI=1S/C26H25N3O/c1-29-21-13-14-23(29)24(26-27-25(28-30-26)18-8-3-2-4-9-18)22(16-21)20-12-11-17-7-5-6-10-19(17)15-20/h2-12,15,21-24H,13-14,16H2,1H3/t21-,22+,23+,24-/m1/s1. The molecule has 0 spiro atoms. The summed E-state index contributed by atoms with van der Waals surface area (Å²) in [4.78, 5) is 7.44. The lowest BCUT2D eigenvalue weighted by atomic mass is 9.75. The first-order chi connectivity index (χ1) is 14.8. The van der Waals surface area contributed by atoms with Crippen LogP contribution < -0.4 is 0 Å². The summed E-state index contributed by atoms with van der Waals surface area (Å²) >= 11 is 0. The zero-order chi connectivity index (χ0) is 20.1. The Labute approximate surface area is 176 Å². The molecule has 2 saturated heterocycles. The molecule has 3 aromatic carbocycles. The Hall–Kier alpha value is -2.98. The molecule has 0 N–H and O–H groups in total. The minimum absolute atomic E-state index is 0.222. The molecule has 2 fully saturated rings. The molecule has 3 heterocycles. The van der Waals surface area contributed by atoms with Gasteiger partial charge in [-0.15, -0.1) is 0 Å². The Morgan fingerprint density at radius 1 is 0.900 bits per heavy atom. The highest BCUT2D eigenvalue weighted by Gasteiger charge is 2.48. The molecule has 2 aliphatic rings. The fourth-order valence-corrected chi connectivity index (χ4v) is 5.66. The topological polar surface area (TPSA) is 42.2 Å². The van der Waals surface area contributed by atoms with E-state index in [4.69, 9.17) is 9.51 Å². The van der Waals surface area contributed by atoms with Crippen LogP contribution in [-0.4, -0.2) is 34.2 Å². The van der Waals surface area contributed by atoms with E-state index < -0.39 is 0 Å². The summed E-state index contributed by atoms with van der Waals surface area (Å²) in [6.07, 6.45) is 3.58. The van der Waals surface area contributed by atoms with Gasteiger partial charge >= 0.3 is 0 Å². The van der Waals surface area contributed by atoms with Crippen molar-refractivity contribution in [3.05, 3.63) is 84.3 Å². The molecular weight excluding hydrogens is 370 g/mol. The smallest absolute Gasteiger partial charge is 0.232 e. The first-order valence-electron chi connectivity index (χ1n) is 10.9. The molecule has 4 atom stereocenters. The first-order valence-corrected chi connectivity index (χ1v) is 10.9. The minimum atomic E-state index is 0.222. The third-order valence-corrected chi connectivity index (χ3v) is 7.23. The number of hydrogen-bond acceptors (Lipinski definition) is 4. The number of piperidine rings is 1.